The highest BCUT2D eigenvalue weighted by atomic mass is 16.2. The van der Waals surface area contributed by atoms with Crippen molar-refractivity contribution in [1.29, 1.82) is 0 Å². The molecule has 6 heteroatoms. The summed E-state index contributed by atoms with van der Waals surface area (Å²) in [5.74, 6) is 0.426. The third-order valence-electron chi connectivity index (χ3n) is 5.39. The summed E-state index contributed by atoms with van der Waals surface area (Å²) in [6, 6.07) is 1.95. The summed E-state index contributed by atoms with van der Waals surface area (Å²) in [5, 5.41) is 2.67. The number of anilines is 2. The van der Waals surface area contributed by atoms with Crippen LogP contribution in [0.2, 0.25) is 0 Å². The first-order valence-electron chi connectivity index (χ1n) is 8.79. The van der Waals surface area contributed by atoms with E-state index in [2.05, 4.69) is 17.2 Å². The molecule has 1 aromatic rings. The van der Waals surface area contributed by atoms with Crippen LogP contribution in [0.25, 0.3) is 0 Å². The number of piperidine rings is 1. The topological polar surface area (TPSA) is 88.3 Å². The minimum absolute atomic E-state index is 0.222. The van der Waals surface area contributed by atoms with Gasteiger partial charge < -0.3 is 16.0 Å². The second-order valence-corrected chi connectivity index (χ2v) is 7.28. The molecule has 1 saturated heterocycles. The Kier molecular flexibility index (Phi) is 4.73. The SMILES string of the molecule is Cc1cc(NC(=O)C(=O)N2C[C@H](C)CC[C@H]2C2CCC2)cnc1N. The van der Waals surface area contributed by atoms with Gasteiger partial charge in [-0.15, -0.1) is 0 Å². The molecule has 0 spiro atoms. The molecule has 2 heterocycles. The molecule has 1 aliphatic heterocycles. The summed E-state index contributed by atoms with van der Waals surface area (Å²) in [5.41, 5.74) is 6.97. The first-order valence-corrected chi connectivity index (χ1v) is 8.79. The van der Waals surface area contributed by atoms with Crippen LogP contribution in [-0.4, -0.2) is 34.3 Å². The highest BCUT2D eigenvalue weighted by Crippen LogP contribution is 2.37. The van der Waals surface area contributed by atoms with Gasteiger partial charge in [-0.25, -0.2) is 4.98 Å². The van der Waals surface area contributed by atoms with Gasteiger partial charge in [-0.2, -0.15) is 0 Å². The van der Waals surface area contributed by atoms with Gasteiger partial charge in [-0.05, 0) is 56.1 Å². The third kappa shape index (κ3) is 3.37. The van der Waals surface area contributed by atoms with Crippen molar-refractivity contribution in [3.8, 4) is 0 Å². The highest BCUT2D eigenvalue weighted by molar-refractivity contribution is 6.39. The Morgan fingerprint density at radius 3 is 2.67 bits per heavy atom. The number of aryl methyl sites for hydroxylation is 1. The summed E-state index contributed by atoms with van der Waals surface area (Å²) in [4.78, 5) is 31.0. The number of hydrogen-bond donors (Lipinski definition) is 2. The molecule has 2 fully saturated rings. The van der Waals surface area contributed by atoms with Crippen LogP contribution in [0.4, 0.5) is 11.5 Å². The molecule has 0 bridgehead atoms. The number of carbonyl (C=O) groups excluding carboxylic acids is 2. The Morgan fingerprint density at radius 2 is 2.04 bits per heavy atom. The lowest BCUT2D eigenvalue weighted by atomic mass is 9.75. The fourth-order valence-corrected chi connectivity index (χ4v) is 3.69. The fraction of sp³-hybridized carbons (Fsp3) is 0.611. The van der Waals surface area contributed by atoms with E-state index in [-0.39, 0.29) is 6.04 Å². The molecular formula is C18H26N4O2. The lowest BCUT2D eigenvalue weighted by Crippen LogP contribution is -2.54. The molecule has 6 nitrogen and oxygen atoms in total. The molecule has 2 atom stereocenters. The van der Waals surface area contributed by atoms with E-state index >= 15 is 0 Å². The molecule has 3 rings (SSSR count). The molecule has 1 saturated carbocycles. The van der Waals surface area contributed by atoms with Crippen LogP contribution < -0.4 is 11.1 Å². The number of nitrogen functional groups attached to an aromatic ring is 1. The summed E-state index contributed by atoms with van der Waals surface area (Å²) in [6.07, 6.45) is 7.20. The van der Waals surface area contributed by atoms with E-state index in [1.54, 1.807) is 6.07 Å². The molecule has 0 unspecified atom stereocenters. The number of rotatable bonds is 2. The van der Waals surface area contributed by atoms with E-state index in [1.807, 2.05) is 11.8 Å². The van der Waals surface area contributed by atoms with Crippen molar-refractivity contribution >= 4 is 23.3 Å². The maximum atomic E-state index is 12.7. The van der Waals surface area contributed by atoms with Crippen LogP contribution in [0.5, 0.6) is 0 Å². The van der Waals surface area contributed by atoms with Gasteiger partial charge in [0.15, 0.2) is 0 Å². The molecule has 0 radical (unpaired) electrons. The minimum atomic E-state index is -0.584. The van der Waals surface area contributed by atoms with Gasteiger partial charge in [0.2, 0.25) is 0 Å². The van der Waals surface area contributed by atoms with E-state index in [1.165, 1.54) is 25.5 Å². The molecule has 24 heavy (non-hydrogen) atoms. The van der Waals surface area contributed by atoms with Crippen molar-refractivity contribution in [3.05, 3.63) is 17.8 Å². The molecule has 0 aromatic carbocycles. The van der Waals surface area contributed by atoms with Crippen LogP contribution in [0.15, 0.2) is 12.3 Å². The number of pyridine rings is 1. The summed E-state index contributed by atoms with van der Waals surface area (Å²) >= 11 is 0. The Hall–Kier alpha value is -2.11. The predicted octanol–water partition coefficient (Wildman–Crippen LogP) is 2.34. The van der Waals surface area contributed by atoms with E-state index < -0.39 is 11.8 Å². The first kappa shape index (κ1) is 16.7. The quantitative estimate of drug-likeness (QED) is 0.815. The second-order valence-electron chi connectivity index (χ2n) is 7.28. The van der Waals surface area contributed by atoms with Gasteiger partial charge in [0, 0.05) is 12.6 Å². The predicted molar refractivity (Wildman–Crippen MR) is 93.3 cm³/mol. The zero-order chi connectivity index (χ0) is 17.3. The Balaban J connectivity index is 1.70. The number of nitrogens with one attached hydrogen (secondary N) is 1. The molecule has 2 aliphatic rings. The number of carbonyl (C=O) groups is 2. The van der Waals surface area contributed by atoms with Gasteiger partial charge in [0.1, 0.15) is 5.82 Å². The van der Waals surface area contributed by atoms with E-state index in [0.29, 0.717) is 29.9 Å². The Morgan fingerprint density at radius 1 is 1.29 bits per heavy atom. The number of nitrogens with zero attached hydrogens (tertiary/aromatic N) is 2. The smallest absolute Gasteiger partial charge is 0.313 e. The van der Waals surface area contributed by atoms with Crippen molar-refractivity contribution in [1.82, 2.24) is 9.88 Å². The maximum absolute atomic E-state index is 12.7. The Labute approximate surface area is 142 Å². The first-order chi connectivity index (χ1) is 11.5. The monoisotopic (exact) mass is 330 g/mol. The summed E-state index contributed by atoms with van der Waals surface area (Å²) in [6.45, 7) is 4.63. The van der Waals surface area contributed by atoms with Crippen LogP contribution in [-0.2, 0) is 9.59 Å². The molecule has 1 aromatic heterocycles. The zero-order valence-electron chi connectivity index (χ0n) is 14.4. The molecule has 130 valence electrons. The van der Waals surface area contributed by atoms with Gasteiger partial charge >= 0.3 is 11.8 Å². The normalized spacial score (nSPS) is 24.3. The van der Waals surface area contributed by atoms with Crippen LogP contribution in [0, 0.1) is 18.8 Å². The maximum Gasteiger partial charge on any atom is 0.313 e. The van der Waals surface area contributed by atoms with E-state index in [0.717, 1.165) is 18.4 Å². The fourth-order valence-electron chi connectivity index (χ4n) is 3.69. The molecule has 2 amide bonds. The molecular weight excluding hydrogens is 304 g/mol. The Bertz CT molecular complexity index is 642. The summed E-state index contributed by atoms with van der Waals surface area (Å²) in [7, 11) is 0. The van der Waals surface area contributed by atoms with E-state index in [4.69, 9.17) is 5.73 Å². The van der Waals surface area contributed by atoms with Crippen LogP contribution in [0.3, 0.4) is 0 Å². The number of hydrogen-bond acceptors (Lipinski definition) is 4. The lowest BCUT2D eigenvalue weighted by molar-refractivity contribution is -0.148. The zero-order valence-corrected chi connectivity index (χ0v) is 14.4. The van der Waals surface area contributed by atoms with Crippen molar-refractivity contribution < 1.29 is 9.59 Å². The number of aromatic nitrogens is 1. The standard InChI is InChI=1S/C18H26N4O2/c1-11-6-7-15(13-4-3-5-13)22(10-11)18(24)17(23)21-14-8-12(2)16(19)20-9-14/h8-9,11,13,15H,3-7,10H2,1-2H3,(H2,19,20)(H,21,23)/t11-,15+/m1/s1. The molecule has 1 aliphatic carbocycles. The average Bonchev–Trinajstić information content (AvgIpc) is 2.50. The lowest BCUT2D eigenvalue weighted by Gasteiger charge is -2.45. The van der Waals surface area contributed by atoms with Crippen molar-refractivity contribution in [3.63, 3.8) is 0 Å². The van der Waals surface area contributed by atoms with Crippen LogP contribution >= 0.6 is 0 Å². The van der Waals surface area contributed by atoms with Gasteiger partial charge in [0.25, 0.3) is 0 Å². The van der Waals surface area contributed by atoms with Gasteiger partial charge in [0.05, 0.1) is 11.9 Å². The van der Waals surface area contributed by atoms with Gasteiger partial charge in [-0.3, -0.25) is 9.59 Å². The minimum Gasteiger partial charge on any atom is -0.383 e. The third-order valence-corrected chi connectivity index (χ3v) is 5.39. The summed E-state index contributed by atoms with van der Waals surface area (Å²) < 4.78 is 0. The van der Waals surface area contributed by atoms with Gasteiger partial charge in [-0.1, -0.05) is 13.3 Å². The number of likely N-dealkylation sites (tertiary alicyclic amines) is 1. The largest absolute Gasteiger partial charge is 0.383 e. The van der Waals surface area contributed by atoms with Crippen molar-refractivity contribution in [2.24, 2.45) is 11.8 Å². The van der Waals surface area contributed by atoms with Crippen LogP contribution in [0.1, 0.15) is 44.6 Å². The highest BCUT2D eigenvalue weighted by Gasteiger charge is 2.39. The second kappa shape index (κ2) is 6.79. The number of nitrogens with two attached hydrogens (primary N) is 1. The van der Waals surface area contributed by atoms with E-state index in [9.17, 15) is 9.59 Å². The van der Waals surface area contributed by atoms with Crippen molar-refractivity contribution in [2.75, 3.05) is 17.6 Å². The molecule has 3 N–H and O–H groups in total. The average molecular weight is 330 g/mol. The number of amides is 2. The van der Waals surface area contributed by atoms with Crippen molar-refractivity contribution in [2.45, 2.75) is 52.0 Å².